The first kappa shape index (κ1) is 25.9. The quantitative estimate of drug-likeness (QED) is 0.108. The number of oxime groups is 1. The SMILES string of the molecule is C[N+]1(CC2=C(C(=O)[O-])N3C(=O)[C@@H](NC(=O)C(=NOCC(=O)O)c4csc(N)n4)[C@@H]3SC2)CCNCC1. The highest BCUT2D eigenvalue weighted by molar-refractivity contribution is 8.00. The summed E-state index contributed by atoms with van der Waals surface area (Å²) in [6.07, 6.45) is 0. The van der Waals surface area contributed by atoms with Crippen LogP contribution in [0.3, 0.4) is 0 Å². The van der Waals surface area contributed by atoms with E-state index in [4.69, 9.17) is 15.7 Å². The van der Waals surface area contributed by atoms with Gasteiger partial charge in [0.2, 0.25) is 6.61 Å². The van der Waals surface area contributed by atoms with Crippen molar-refractivity contribution in [2.45, 2.75) is 11.4 Å². The first-order valence-corrected chi connectivity index (χ1v) is 12.9. The van der Waals surface area contributed by atoms with Crippen LogP contribution in [0.15, 0.2) is 21.8 Å². The number of thiazole rings is 1. The lowest BCUT2D eigenvalue weighted by molar-refractivity contribution is -0.906. The maximum Gasteiger partial charge on any atom is 0.344 e. The topological polar surface area (TPSA) is 199 Å². The van der Waals surface area contributed by atoms with Crippen LogP contribution in [0.1, 0.15) is 5.69 Å². The molecule has 0 unspecified atom stereocenters. The van der Waals surface area contributed by atoms with E-state index in [0.29, 0.717) is 22.4 Å². The van der Waals surface area contributed by atoms with E-state index in [1.54, 1.807) is 0 Å². The van der Waals surface area contributed by atoms with Crippen molar-refractivity contribution in [3.8, 4) is 0 Å². The molecule has 1 aromatic rings. The molecule has 194 valence electrons. The highest BCUT2D eigenvalue weighted by Gasteiger charge is 2.53. The van der Waals surface area contributed by atoms with Gasteiger partial charge in [0.1, 0.15) is 23.7 Å². The van der Waals surface area contributed by atoms with Gasteiger partial charge in [-0.1, -0.05) is 5.16 Å². The van der Waals surface area contributed by atoms with Crippen LogP contribution in [0.5, 0.6) is 0 Å². The Labute approximate surface area is 213 Å². The summed E-state index contributed by atoms with van der Waals surface area (Å²) in [4.78, 5) is 58.6. The summed E-state index contributed by atoms with van der Waals surface area (Å²) in [5, 5.41) is 31.2. The Morgan fingerprint density at radius 2 is 2.14 bits per heavy atom. The summed E-state index contributed by atoms with van der Waals surface area (Å²) in [5.74, 6) is -3.79. The number of amides is 2. The van der Waals surface area contributed by atoms with E-state index in [1.807, 2.05) is 0 Å². The number of hydrogen-bond acceptors (Lipinski definition) is 12. The van der Waals surface area contributed by atoms with Crippen LogP contribution < -0.4 is 21.5 Å². The van der Waals surface area contributed by atoms with Gasteiger partial charge >= 0.3 is 5.97 Å². The van der Waals surface area contributed by atoms with Crippen molar-refractivity contribution in [1.82, 2.24) is 20.5 Å². The molecule has 14 nitrogen and oxygen atoms in total. The lowest BCUT2D eigenvalue weighted by atomic mass is 10.0. The first-order valence-electron chi connectivity index (χ1n) is 11.0. The molecule has 4 rings (SSSR count). The van der Waals surface area contributed by atoms with Crippen molar-refractivity contribution >= 4 is 57.7 Å². The Bertz CT molecular complexity index is 1150. The molecule has 0 radical (unpaired) electrons. The number of carboxylic acid groups (broad SMARTS) is 2. The highest BCUT2D eigenvalue weighted by Crippen LogP contribution is 2.40. The van der Waals surface area contributed by atoms with Gasteiger partial charge in [0.25, 0.3) is 11.8 Å². The number of piperazine rings is 1. The van der Waals surface area contributed by atoms with Crippen LogP contribution in [0.4, 0.5) is 5.13 Å². The number of aliphatic carboxylic acids is 2. The molecule has 16 heteroatoms. The fourth-order valence-electron chi connectivity index (χ4n) is 4.31. The largest absolute Gasteiger partial charge is 0.543 e. The minimum absolute atomic E-state index is 0.0471. The number of hydrogen-bond donors (Lipinski definition) is 4. The van der Waals surface area contributed by atoms with Gasteiger partial charge in [0.05, 0.1) is 31.8 Å². The molecule has 36 heavy (non-hydrogen) atoms. The predicted octanol–water partition coefficient (Wildman–Crippen LogP) is -3.02. The smallest absolute Gasteiger partial charge is 0.344 e. The van der Waals surface area contributed by atoms with E-state index in [9.17, 15) is 24.3 Å². The summed E-state index contributed by atoms with van der Waals surface area (Å²) >= 11 is 2.39. The Hall–Kier alpha value is -3.21. The van der Waals surface area contributed by atoms with Gasteiger partial charge < -0.3 is 40.7 Å². The summed E-state index contributed by atoms with van der Waals surface area (Å²) < 4.78 is 0.652. The number of nitrogens with zero attached hydrogens (tertiary/aromatic N) is 4. The van der Waals surface area contributed by atoms with Crippen LogP contribution in [0.25, 0.3) is 0 Å². The third kappa shape index (κ3) is 5.30. The summed E-state index contributed by atoms with van der Waals surface area (Å²) in [6.45, 7) is 2.99. The van der Waals surface area contributed by atoms with Crippen molar-refractivity contribution < 1.29 is 38.7 Å². The van der Waals surface area contributed by atoms with Crippen LogP contribution in [-0.2, 0) is 24.0 Å². The third-order valence-electron chi connectivity index (χ3n) is 6.08. The molecule has 3 aliphatic heterocycles. The molecule has 0 bridgehead atoms. The number of carboxylic acids is 2. The standard InChI is InChI=1S/C20H25N7O7S2/c1-27(4-2-22-3-5-27)6-10-8-35-18-14(17(31)26(18)15(10)19(32)33)24-16(30)13(25-34-7-12(28)29)11-9-36-20(21)23-11/h9,14,18,22H,2-8H2,1H3,(H4-,21,23,24,28,29,30,32,33)/t14-,18+/m1/s1. The van der Waals surface area contributed by atoms with E-state index in [2.05, 4.69) is 27.8 Å². The second-order valence-corrected chi connectivity index (χ2v) is 10.7. The van der Waals surface area contributed by atoms with E-state index in [1.165, 1.54) is 17.1 Å². The van der Waals surface area contributed by atoms with Crippen LogP contribution >= 0.6 is 23.1 Å². The Morgan fingerprint density at radius 3 is 2.75 bits per heavy atom. The van der Waals surface area contributed by atoms with Crippen LogP contribution in [-0.4, -0.2) is 112 Å². The number of fused-ring (bicyclic) bond motifs is 1. The average molecular weight is 540 g/mol. The zero-order chi connectivity index (χ0) is 26.0. The van der Waals surface area contributed by atoms with Gasteiger partial charge in [-0.3, -0.25) is 14.5 Å². The number of carbonyl (C=O) groups is 4. The van der Waals surface area contributed by atoms with Crippen molar-refractivity contribution in [2.24, 2.45) is 5.16 Å². The van der Waals surface area contributed by atoms with Gasteiger partial charge in [-0.2, -0.15) is 0 Å². The van der Waals surface area contributed by atoms with Gasteiger partial charge in [-0.15, -0.1) is 23.1 Å². The number of rotatable bonds is 9. The number of carbonyl (C=O) groups excluding carboxylic acids is 3. The van der Waals surface area contributed by atoms with Gasteiger partial charge in [-0.25, -0.2) is 9.78 Å². The molecular formula is C20H25N7O7S2. The number of β-lactam (4-membered cyclic amide) rings is 1. The zero-order valence-corrected chi connectivity index (χ0v) is 20.9. The maximum atomic E-state index is 13.0. The summed E-state index contributed by atoms with van der Waals surface area (Å²) in [7, 11) is 2.05. The Morgan fingerprint density at radius 1 is 1.42 bits per heavy atom. The highest BCUT2D eigenvalue weighted by atomic mass is 32.2. The number of quaternary nitrogens is 1. The Kier molecular flexibility index (Phi) is 7.49. The molecule has 5 N–H and O–H groups in total. The average Bonchev–Trinajstić information content (AvgIpc) is 3.25. The number of nitrogens with one attached hydrogen (secondary N) is 2. The second kappa shape index (κ2) is 10.4. The third-order valence-corrected chi connectivity index (χ3v) is 8.09. The molecule has 3 aliphatic rings. The van der Waals surface area contributed by atoms with E-state index >= 15 is 0 Å². The number of nitrogens with two attached hydrogens (primary N) is 1. The molecule has 2 fully saturated rings. The molecule has 0 spiro atoms. The van der Waals surface area contributed by atoms with Crippen LogP contribution in [0, 0.1) is 0 Å². The van der Waals surface area contributed by atoms with Gasteiger partial charge in [-0.05, 0) is 0 Å². The normalized spacial score (nSPS) is 23.5. The minimum atomic E-state index is -1.43. The zero-order valence-electron chi connectivity index (χ0n) is 19.3. The van der Waals surface area contributed by atoms with Crippen molar-refractivity contribution in [1.29, 1.82) is 0 Å². The number of anilines is 1. The maximum absolute atomic E-state index is 13.0. The molecule has 2 amide bonds. The first-order chi connectivity index (χ1) is 17.1. The van der Waals surface area contributed by atoms with E-state index in [-0.39, 0.29) is 22.2 Å². The minimum Gasteiger partial charge on any atom is -0.543 e. The van der Waals surface area contributed by atoms with Crippen molar-refractivity contribution in [3.63, 3.8) is 0 Å². The number of likely N-dealkylation sites (N-methyl/N-ethyl adjacent to an activating group) is 1. The molecule has 0 aliphatic carbocycles. The molecule has 0 saturated carbocycles. The summed E-state index contributed by atoms with van der Waals surface area (Å²) in [6, 6.07) is -1.02. The van der Waals surface area contributed by atoms with Crippen LogP contribution in [0.2, 0.25) is 0 Å². The molecule has 1 aromatic heterocycles. The van der Waals surface area contributed by atoms with Crippen molar-refractivity contribution in [3.05, 3.63) is 22.3 Å². The second-order valence-electron chi connectivity index (χ2n) is 8.75. The fraction of sp³-hybridized carbons (Fsp3) is 0.500. The number of thioether (sulfide) groups is 1. The van der Waals surface area contributed by atoms with Gasteiger partial charge in [0.15, 0.2) is 10.8 Å². The molecule has 4 heterocycles. The molecule has 2 atom stereocenters. The fourth-order valence-corrected chi connectivity index (χ4v) is 6.19. The molecular weight excluding hydrogens is 514 g/mol. The predicted molar refractivity (Wildman–Crippen MR) is 127 cm³/mol. The van der Waals surface area contributed by atoms with Crippen molar-refractivity contribution in [2.75, 3.05) is 57.9 Å². The molecule has 2 saturated heterocycles. The lowest BCUT2D eigenvalue weighted by Gasteiger charge is -2.51. The monoisotopic (exact) mass is 539 g/mol. The van der Waals surface area contributed by atoms with Gasteiger partial charge in [0, 0.05) is 29.8 Å². The Balaban J connectivity index is 1.51. The van der Waals surface area contributed by atoms with E-state index < -0.39 is 41.8 Å². The van der Waals surface area contributed by atoms with E-state index in [0.717, 1.165) is 42.4 Å². The molecule has 0 aromatic carbocycles. The lowest BCUT2D eigenvalue weighted by Crippen LogP contribution is -2.72. The summed E-state index contributed by atoms with van der Waals surface area (Å²) in [5.41, 5.74) is 5.80. The number of nitrogen functional groups attached to an aromatic ring is 1. The number of aromatic nitrogens is 1.